The van der Waals surface area contributed by atoms with Crippen molar-refractivity contribution in [3.63, 3.8) is 0 Å². The van der Waals surface area contributed by atoms with E-state index in [0.29, 0.717) is 24.3 Å². The maximum atomic E-state index is 11.9. The zero-order valence-corrected chi connectivity index (χ0v) is 10.3. The highest BCUT2D eigenvalue weighted by atomic mass is 35.5. The van der Waals surface area contributed by atoms with Gasteiger partial charge in [-0.05, 0) is 31.0 Å². The molecule has 0 aliphatic carbocycles. The average molecular weight is 242 g/mol. The fourth-order valence-electron chi connectivity index (χ4n) is 1.95. The molecule has 1 aliphatic heterocycles. The Hall–Kier alpha value is -1.06. The molecule has 4 heteroatoms. The number of halogens is 1. The molecule has 1 aliphatic rings. The number of aryl methyl sites for hydroxylation is 2. The Balaban J connectivity index is 0.00000128. The molecule has 0 fully saturated rings. The molecule has 2 rings (SSSR count). The van der Waals surface area contributed by atoms with E-state index >= 15 is 0 Å². The third-order valence-corrected chi connectivity index (χ3v) is 2.70. The molecular formula is C12H16ClNO2. The van der Waals surface area contributed by atoms with Crippen LogP contribution >= 0.6 is 12.4 Å². The monoisotopic (exact) mass is 241 g/mol. The summed E-state index contributed by atoms with van der Waals surface area (Å²) in [6, 6.07) is 3.45. The number of carbonyl (C=O) groups excluding carboxylic acids is 1. The van der Waals surface area contributed by atoms with Crippen LogP contribution in [-0.2, 0) is 0 Å². The van der Waals surface area contributed by atoms with Gasteiger partial charge in [-0.3, -0.25) is 4.79 Å². The van der Waals surface area contributed by atoms with Crippen molar-refractivity contribution in [3.05, 3.63) is 28.8 Å². The third-order valence-electron chi connectivity index (χ3n) is 2.70. The lowest BCUT2D eigenvalue weighted by atomic mass is 9.98. The largest absolute Gasteiger partial charge is 0.492 e. The molecule has 0 radical (unpaired) electrons. The van der Waals surface area contributed by atoms with Gasteiger partial charge in [0.05, 0.1) is 18.2 Å². The third kappa shape index (κ3) is 2.20. The fraction of sp³-hybridized carbons (Fsp3) is 0.417. The lowest BCUT2D eigenvalue weighted by Crippen LogP contribution is -2.30. The minimum Gasteiger partial charge on any atom is -0.492 e. The summed E-state index contributed by atoms with van der Waals surface area (Å²) in [5.74, 6) is 0.702. The summed E-state index contributed by atoms with van der Waals surface area (Å²) < 4.78 is 5.57. The number of hydrogen-bond donors (Lipinski definition) is 1. The average Bonchev–Trinajstić information content (AvgIpc) is 2.30. The minimum atomic E-state index is -0.424. The van der Waals surface area contributed by atoms with Crippen LogP contribution in [0.15, 0.2) is 12.1 Å². The molecule has 0 saturated carbocycles. The van der Waals surface area contributed by atoms with Crippen LogP contribution in [0.3, 0.4) is 0 Å². The number of ketones is 1. The minimum absolute atomic E-state index is 0. The zero-order chi connectivity index (χ0) is 11.0. The highest BCUT2D eigenvalue weighted by Crippen LogP contribution is 2.28. The van der Waals surface area contributed by atoms with Crippen LogP contribution in [-0.4, -0.2) is 18.4 Å². The predicted octanol–water partition coefficient (Wildman–Crippen LogP) is 2.02. The Morgan fingerprint density at radius 1 is 1.38 bits per heavy atom. The molecule has 1 heterocycles. The number of rotatable bonds is 0. The van der Waals surface area contributed by atoms with Gasteiger partial charge in [-0.25, -0.2) is 0 Å². The van der Waals surface area contributed by atoms with Crippen molar-refractivity contribution in [3.8, 4) is 5.75 Å². The first-order chi connectivity index (χ1) is 7.09. The quantitative estimate of drug-likeness (QED) is 0.756. The van der Waals surface area contributed by atoms with Crippen LogP contribution in [0.1, 0.15) is 27.9 Å². The molecule has 1 atom stereocenters. The normalized spacial score (nSPS) is 19.2. The Kier molecular flexibility index (Phi) is 3.94. The van der Waals surface area contributed by atoms with E-state index in [1.54, 1.807) is 0 Å². The summed E-state index contributed by atoms with van der Waals surface area (Å²) in [6.07, 6.45) is 0.589. The van der Waals surface area contributed by atoms with Crippen LogP contribution in [0.5, 0.6) is 5.75 Å². The highest BCUT2D eigenvalue weighted by molar-refractivity contribution is 6.03. The van der Waals surface area contributed by atoms with Crippen molar-refractivity contribution in [2.75, 3.05) is 6.61 Å². The molecule has 1 aromatic rings. The Morgan fingerprint density at radius 3 is 2.75 bits per heavy atom. The molecule has 0 amide bonds. The second kappa shape index (κ2) is 4.85. The molecule has 0 spiro atoms. The molecule has 1 aromatic carbocycles. The van der Waals surface area contributed by atoms with Gasteiger partial charge in [-0.1, -0.05) is 6.07 Å². The number of carbonyl (C=O) groups is 1. The van der Waals surface area contributed by atoms with E-state index < -0.39 is 6.04 Å². The van der Waals surface area contributed by atoms with Crippen LogP contribution in [0.2, 0.25) is 0 Å². The lowest BCUT2D eigenvalue weighted by Gasteiger charge is -2.10. The number of ether oxygens (including phenoxy) is 1. The predicted molar refractivity (Wildman–Crippen MR) is 65.6 cm³/mol. The van der Waals surface area contributed by atoms with Gasteiger partial charge >= 0.3 is 0 Å². The van der Waals surface area contributed by atoms with Gasteiger partial charge in [0.15, 0.2) is 5.78 Å². The zero-order valence-electron chi connectivity index (χ0n) is 9.45. The topological polar surface area (TPSA) is 52.3 Å². The van der Waals surface area contributed by atoms with Crippen LogP contribution in [0, 0.1) is 13.8 Å². The van der Waals surface area contributed by atoms with E-state index in [1.807, 2.05) is 26.0 Å². The number of fused-ring (bicyclic) bond motifs is 1. The number of benzene rings is 1. The molecule has 0 aromatic heterocycles. The van der Waals surface area contributed by atoms with Gasteiger partial charge in [-0.15, -0.1) is 12.4 Å². The van der Waals surface area contributed by atoms with E-state index in [9.17, 15) is 4.79 Å². The smallest absolute Gasteiger partial charge is 0.183 e. The van der Waals surface area contributed by atoms with Gasteiger partial charge in [0.25, 0.3) is 0 Å². The first kappa shape index (κ1) is 13.0. The molecule has 0 saturated heterocycles. The number of hydrogen-bond acceptors (Lipinski definition) is 3. The maximum absolute atomic E-state index is 11.9. The van der Waals surface area contributed by atoms with Crippen LogP contribution < -0.4 is 10.5 Å². The molecule has 88 valence electrons. The van der Waals surface area contributed by atoms with Crippen LogP contribution in [0.4, 0.5) is 0 Å². The number of Topliss-reactive ketones (excluding diaryl/α,β-unsaturated/α-hetero) is 1. The Bertz CT molecular complexity index is 418. The van der Waals surface area contributed by atoms with Gasteiger partial charge in [0, 0.05) is 6.42 Å². The van der Waals surface area contributed by atoms with E-state index in [2.05, 4.69) is 0 Å². The summed E-state index contributed by atoms with van der Waals surface area (Å²) >= 11 is 0. The maximum Gasteiger partial charge on any atom is 0.183 e. The summed E-state index contributed by atoms with van der Waals surface area (Å²) in [6.45, 7) is 4.44. The SMILES string of the molecule is Cc1cc(C)c2c(c1)C(=O)C(N)CCO2.Cl. The van der Waals surface area contributed by atoms with Crippen LogP contribution in [0.25, 0.3) is 0 Å². The summed E-state index contributed by atoms with van der Waals surface area (Å²) in [5.41, 5.74) is 8.47. The van der Waals surface area contributed by atoms with Gasteiger partial charge in [0.1, 0.15) is 5.75 Å². The lowest BCUT2D eigenvalue weighted by molar-refractivity contribution is 0.0960. The standard InChI is InChI=1S/C12H15NO2.ClH/c1-7-5-8(2)12-9(6-7)11(14)10(13)3-4-15-12;/h5-6,10H,3-4,13H2,1-2H3;1H. The second-order valence-corrected chi connectivity index (χ2v) is 4.07. The highest BCUT2D eigenvalue weighted by Gasteiger charge is 2.24. The van der Waals surface area contributed by atoms with Gasteiger partial charge < -0.3 is 10.5 Å². The first-order valence-electron chi connectivity index (χ1n) is 5.13. The van der Waals surface area contributed by atoms with Crippen molar-refractivity contribution in [1.29, 1.82) is 0 Å². The molecule has 16 heavy (non-hydrogen) atoms. The fourth-order valence-corrected chi connectivity index (χ4v) is 1.95. The number of nitrogens with two attached hydrogens (primary N) is 1. The van der Waals surface area contributed by atoms with Crippen molar-refractivity contribution in [1.82, 2.24) is 0 Å². The Labute approximate surface area is 101 Å². The van der Waals surface area contributed by atoms with Crippen molar-refractivity contribution >= 4 is 18.2 Å². The van der Waals surface area contributed by atoms with E-state index in [4.69, 9.17) is 10.5 Å². The summed E-state index contributed by atoms with van der Waals surface area (Å²) in [5, 5.41) is 0. The van der Waals surface area contributed by atoms with Gasteiger partial charge in [-0.2, -0.15) is 0 Å². The van der Waals surface area contributed by atoms with Crippen molar-refractivity contribution in [2.45, 2.75) is 26.3 Å². The molecule has 3 nitrogen and oxygen atoms in total. The van der Waals surface area contributed by atoms with Crippen molar-refractivity contribution < 1.29 is 9.53 Å². The van der Waals surface area contributed by atoms with E-state index in [1.165, 1.54) is 0 Å². The summed E-state index contributed by atoms with van der Waals surface area (Å²) in [4.78, 5) is 11.9. The molecule has 1 unspecified atom stereocenters. The van der Waals surface area contributed by atoms with Crippen molar-refractivity contribution in [2.24, 2.45) is 5.73 Å². The molecule has 0 bridgehead atoms. The molecule has 2 N–H and O–H groups in total. The van der Waals surface area contributed by atoms with E-state index in [0.717, 1.165) is 11.1 Å². The first-order valence-corrected chi connectivity index (χ1v) is 5.13. The van der Waals surface area contributed by atoms with E-state index in [-0.39, 0.29) is 18.2 Å². The molecular weight excluding hydrogens is 226 g/mol. The van der Waals surface area contributed by atoms with Gasteiger partial charge in [0.2, 0.25) is 0 Å². The second-order valence-electron chi connectivity index (χ2n) is 4.07. The Morgan fingerprint density at radius 2 is 2.06 bits per heavy atom. The summed E-state index contributed by atoms with van der Waals surface area (Å²) in [7, 11) is 0.